The van der Waals surface area contributed by atoms with Crippen LogP contribution in [0.15, 0.2) is 0 Å². The van der Waals surface area contributed by atoms with Crippen molar-refractivity contribution in [1.29, 1.82) is 0 Å². The molecule has 21 heavy (non-hydrogen) atoms. The Morgan fingerprint density at radius 1 is 0.667 bits per heavy atom. The van der Waals surface area contributed by atoms with Crippen LogP contribution in [0.25, 0.3) is 0 Å². The fraction of sp³-hybridized carbons (Fsp3) is 1.00. The lowest BCUT2D eigenvalue weighted by molar-refractivity contribution is 0.0825. The molecule has 3 nitrogen and oxygen atoms in total. The van der Waals surface area contributed by atoms with E-state index in [1.807, 2.05) is 13.8 Å². The van der Waals surface area contributed by atoms with Gasteiger partial charge >= 0.3 is 0 Å². The first kappa shape index (κ1) is 20.9. The van der Waals surface area contributed by atoms with Gasteiger partial charge in [0.2, 0.25) is 0 Å². The van der Waals surface area contributed by atoms with E-state index < -0.39 is 0 Å². The van der Waals surface area contributed by atoms with Crippen LogP contribution in [0.4, 0.5) is 0 Å². The maximum atomic E-state index is 9.47. The van der Waals surface area contributed by atoms with Crippen molar-refractivity contribution in [2.75, 3.05) is 19.6 Å². The Morgan fingerprint density at radius 2 is 1.05 bits per heavy atom. The molecule has 0 heterocycles. The minimum atomic E-state index is -0.313. The second-order valence-corrected chi connectivity index (χ2v) is 6.64. The normalized spacial score (nSPS) is 14.6. The van der Waals surface area contributed by atoms with Crippen LogP contribution in [-0.2, 0) is 0 Å². The minimum Gasteiger partial charge on any atom is -0.392 e. The zero-order chi connectivity index (χ0) is 15.9. The summed E-state index contributed by atoms with van der Waals surface area (Å²) < 4.78 is 0. The third kappa shape index (κ3) is 16.1. The highest BCUT2D eigenvalue weighted by molar-refractivity contribution is 4.64. The number of unbranched alkanes of at least 4 members (excludes halogenated alkanes) is 9. The summed E-state index contributed by atoms with van der Waals surface area (Å²) in [7, 11) is 0. The predicted octanol–water partition coefficient (Wildman–Crippen LogP) is 3.97. The number of aliphatic hydroxyl groups is 2. The molecule has 0 saturated carbocycles. The van der Waals surface area contributed by atoms with Crippen molar-refractivity contribution < 1.29 is 10.2 Å². The highest BCUT2D eigenvalue weighted by Crippen LogP contribution is 2.11. The fourth-order valence-electron chi connectivity index (χ4n) is 2.83. The summed E-state index contributed by atoms with van der Waals surface area (Å²) in [6, 6.07) is 0. The second kappa shape index (κ2) is 14.8. The molecule has 0 amide bonds. The number of hydrogen-bond donors (Lipinski definition) is 2. The first-order chi connectivity index (χ1) is 10.1. The highest BCUT2D eigenvalue weighted by atomic mass is 16.3. The average molecular weight is 302 g/mol. The van der Waals surface area contributed by atoms with Gasteiger partial charge < -0.3 is 10.2 Å². The van der Waals surface area contributed by atoms with Gasteiger partial charge in [-0.25, -0.2) is 0 Å². The van der Waals surface area contributed by atoms with Crippen molar-refractivity contribution >= 4 is 0 Å². The molecule has 0 aliphatic carbocycles. The summed E-state index contributed by atoms with van der Waals surface area (Å²) in [5.41, 5.74) is 0. The molecule has 0 spiro atoms. The van der Waals surface area contributed by atoms with Gasteiger partial charge in [-0.05, 0) is 26.8 Å². The summed E-state index contributed by atoms with van der Waals surface area (Å²) in [5, 5.41) is 18.9. The molecule has 0 fully saturated rings. The second-order valence-electron chi connectivity index (χ2n) is 6.64. The first-order valence-corrected chi connectivity index (χ1v) is 9.14. The summed E-state index contributed by atoms with van der Waals surface area (Å²) >= 11 is 0. The van der Waals surface area contributed by atoms with E-state index in [2.05, 4.69) is 11.8 Å². The van der Waals surface area contributed by atoms with Crippen LogP contribution < -0.4 is 0 Å². The molecular weight excluding hydrogens is 262 g/mol. The van der Waals surface area contributed by atoms with E-state index in [0.717, 1.165) is 6.54 Å². The van der Waals surface area contributed by atoms with Crippen molar-refractivity contribution in [2.24, 2.45) is 0 Å². The van der Waals surface area contributed by atoms with Crippen LogP contribution in [0.2, 0.25) is 0 Å². The van der Waals surface area contributed by atoms with Crippen molar-refractivity contribution in [2.45, 2.75) is 97.2 Å². The molecular formula is C18H39NO2. The van der Waals surface area contributed by atoms with Crippen molar-refractivity contribution in [3.63, 3.8) is 0 Å². The average Bonchev–Trinajstić information content (AvgIpc) is 2.39. The van der Waals surface area contributed by atoms with Gasteiger partial charge in [-0.1, -0.05) is 64.7 Å². The topological polar surface area (TPSA) is 43.7 Å². The zero-order valence-electron chi connectivity index (χ0n) is 14.7. The molecule has 2 atom stereocenters. The lowest BCUT2D eigenvalue weighted by atomic mass is 10.1. The van der Waals surface area contributed by atoms with E-state index in [9.17, 15) is 10.2 Å². The maximum Gasteiger partial charge on any atom is 0.0639 e. The molecule has 0 aliphatic heterocycles. The van der Waals surface area contributed by atoms with Gasteiger partial charge in [0.05, 0.1) is 12.2 Å². The quantitative estimate of drug-likeness (QED) is 0.450. The Morgan fingerprint density at radius 3 is 1.43 bits per heavy atom. The lowest BCUT2D eigenvalue weighted by Gasteiger charge is -2.24. The molecule has 0 saturated heterocycles. The van der Waals surface area contributed by atoms with Gasteiger partial charge in [0.1, 0.15) is 0 Å². The van der Waals surface area contributed by atoms with Crippen LogP contribution in [0, 0.1) is 0 Å². The van der Waals surface area contributed by atoms with Crippen LogP contribution in [0.1, 0.15) is 85.0 Å². The van der Waals surface area contributed by atoms with Gasteiger partial charge in [-0.15, -0.1) is 0 Å². The number of nitrogens with zero attached hydrogens (tertiary/aromatic N) is 1. The van der Waals surface area contributed by atoms with E-state index >= 15 is 0 Å². The van der Waals surface area contributed by atoms with Crippen molar-refractivity contribution in [3.05, 3.63) is 0 Å². The Kier molecular flexibility index (Phi) is 14.7. The molecule has 2 N–H and O–H groups in total. The van der Waals surface area contributed by atoms with Crippen LogP contribution >= 0.6 is 0 Å². The predicted molar refractivity (Wildman–Crippen MR) is 91.6 cm³/mol. The van der Waals surface area contributed by atoms with Crippen LogP contribution in [0.5, 0.6) is 0 Å². The highest BCUT2D eigenvalue weighted by Gasteiger charge is 2.10. The standard InChI is InChI=1S/C18H39NO2/c1-4-5-6-7-8-9-10-11-12-13-14-19(15-17(2)20)16-18(3)21/h17-18,20-21H,4-16H2,1-3H3. The lowest BCUT2D eigenvalue weighted by Crippen LogP contribution is -2.36. The zero-order valence-corrected chi connectivity index (χ0v) is 14.7. The largest absolute Gasteiger partial charge is 0.392 e. The molecule has 0 aromatic heterocycles. The Bertz CT molecular complexity index is 197. The molecule has 0 aliphatic rings. The summed E-state index contributed by atoms with van der Waals surface area (Å²) in [6.07, 6.45) is 12.8. The third-order valence-corrected chi connectivity index (χ3v) is 3.87. The van der Waals surface area contributed by atoms with Crippen LogP contribution in [0.3, 0.4) is 0 Å². The number of aliphatic hydroxyl groups excluding tert-OH is 2. The first-order valence-electron chi connectivity index (χ1n) is 9.14. The molecule has 0 bridgehead atoms. The monoisotopic (exact) mass is 301 g/mol. The van der Waals surface area contributed by atoms with Crippen LogP contribution in [-0.4, -0.2) is 47.0 Å². The third-order valence-electron chi connectivity index (χ3n) is 3.87. The van der Waals surface area contributed by atoms with E-state index in [1.54, 1.807) is 0 Å². The van der Waals surface area contributed by atoms with Crippen molar-refractivity contribution in [1.82, 2.24) is 4.90 Å². The molecule has 2 unspecified atom stereocenters. The summed E-state index contributed by atoms with van der Waals surface area (Å²) in [6.45, 7) is 8.22. The van der Waals surface area contributed by atoms with Gasteiger partial charge in [0, 0.05) is 13.1 Å². The number of rotatable bonds is 15. The molecule has 3 heteroatoms. The van der Waals surface area contributed by atoms with Gasteiger partial charge in [0.25, 0.3) is 0 Å². The van der Waals surface area contributed by atoms with E-state index in [4.69, 9.17) is 0 Å². The Balaban J connectivity index is 3.44. The van der Waals surface area contributed by atoms with E-state index in [0.29, 0.717) is 13.1 Å². The van der Waals surface area contributed by atoms with Gasteiger partial charge in [0.15, 0.2) is 0 Å². The minimum absolute atomic E-state index is 0.313. The molecule has 0 aromatic rings. The van der Waals surface area contributed by atoms with E-state index in [-0.39, 0.29) is 12.2 Å². The van der Waals surface area contributed by atoms with Crippen molar-refractivity contribution in [3.8, 4) is 0 Å². The fourth-order valence-corrected chi connectivity index (χ4v) is 2.83. The molecule has 0 rings (SSSR count). The summed E-state index contributed by atoms with van der Waals surface area (Å²) in [5.74, 6) is 0. The smallest absolute Gasteiger partial charge is 0.0639 e. The Hall–Kier alpha value is -0.120. The molecule has 0 aromatic carbocycles. The van der Waals surface area contributed by atoms with Gasteiger partial charge in [-0.2, -0.15) is 0 Å². The molecule has 0 radical (unpaired) electrons. The Labute approximate surface area is 132 Å². The summed E-state index contributed by atoms with van der Waals surface area (Å²) in [4.78, 5) is 2.18. The molecule has 128 valence electrons. The van der Waals surface area contributed by atoms with Gasteiger partial charge in [-0.3, -0.25) is 4.90 Å². The SMILES string of the molecule is CCCCCCCCCCCCN(CC(C)O)CC(C)O. The number of hydrogen-bond acceptors (Lipinski definition) is 3. The van der Waals surface area contributed by atoms with E-state index in [1.165, 1.54) is 64.2 Å². The maximum absolute atomic E-state index is 9.47.